The van der Waals surface area contributed by atoms with Gasteiger partial charge in [0.15, 0.2) is 5.76 Å². The maximum absolute atomic E-state index is 12.5. The lowest BCUT2D eigenvalue weighted by atomic mass is 10.2. The van der Waals surface area contributed by atoms with Crippen molar-refractivity contribution in [2.45, 2.75) is 6.92 Å². The third-order valence-electron chi connectivity index (χ3n) is 3.95. The average molecular weight is 413 g/mol. The second-order valence-corrected chi connectivity index (χ2v) is 7.01. The summed E-state index contributed by atoms with van der Waals surface area (Å²) in [6, 6.07) is 17.3. The Morgan fingerprint density at radius 2 is 1.79 bits per heavy atom. The first kappa shape index (κ1) is 18.3. The van der Waals surface area contributed by atoms with Crippen LogP contribution in [0.5, 0.6) is 11.7 Å². The molecule has 0 aliphatic carbocycles. The summed E-state index contributed by atoms with van der Waals surface area (Å²) in [5.74, 6) is 0.293. The quantitative estimate of drug-likeness (QED) is 0.416. The van der Waals surface area contributed by atoms with Crippen LogP contribution in [-0.2, 0) is 0 Å². The Labute approximate surface area is 170 Å². The lowest BCUT2D eigenvalue weighted by Gasteiger charge is -2.06. The van der Waals surface area contributed by atoms with Gasteiger partial charge in [0.2, 0.25) is 0 Å². The van der Waals surface area contributed by atoms with E-state index in [0.717, 1.165) is 16.6 Å². The summed E-state index contributed by atoms with van der Waals surface area (Å²) in [4.78, 5) is 16.9. The molecule has 0 radical (unpaired) electrons. The number of nitrogens with one attached hydrogen (secondary N) is 1. The molecule has 0 saturated heterocycles. The second kappa shape index (κ2) is 7.54. The van der Waals surface area contributed by atoms with Crippen LogP contribution in [-0.4, -0.2) is 10.9 Å². The molecule has 4 aromatic rings. The van der Waals surface area contributed by atoms with Crippen LogP contribution in [0.25, 0.3) is 10.9 Å². The smallest absolute Gasteiger partial charge is 0.291 e. The van der Waals surface area contributed by atoms with Gasteiger partial charge in [-0.15, -0.1) is 0 Å². The highest BCUT2D eigenvalue weighted by Crippen LogP contribution is 2.29. The summed E-state index contributed by atoms with van der Waals surface area (Å²) in [5.41, 5.74) is 2.45. The monoisotopic (exact) mass is 412 g/mol. The first-order chi connectivity index (χ1) is 13.5. The fourth-order valence-corrected chi connectivity index (χ4v) is 3.20. The number of anilines is 1. The second-order valence-electron chi connectivity index (χ2n) is 6.14. The number of amides is 1. The molecule has 5 nitrogen and oxygen atoms in total. The zero-order valence-corrected chi connectivity index (χ0v) is 16.2. The van der Waals surface area contributed by atoms with Crippen molar-refractivity contribution in [1.29, 1.82) is 0 Å². The van der Waals surface area contributed by atoms with E-state index in [1.807, 2.05) is 31.2 Å². The predicted octanol–water partition coefficient (Wildman–Crippen LogP) is 6.49. The molecule has 1 amide bonds. The molecule has 2 aromatic heterocycles. The van der Waals surface area contributed by atoms with E-state index in [4.69, 9.17) is 32.4 Å². The van der Waals surface area contributed by atoms with Gasteiger partial charge in [-0.2, -0.15) is 0 Å². The van der Waals surface area contributed by atoms with E-state index in [1.54, 1.807) is 30.3 Å². The maximum atomic E-state index is 12.5. The third kappa shape index (κ3) is 4.11. The Balaban J connectivity index is 1.49. The van der Waals surface area contributed by atoms with Crippen molar-refractivity contribution in [1.82, 2.24) is 4.98 Å². The Kier molecular flexibility index (Phi) is 4.94. The fourth-order valence-electron chi connectivity index (χ4n) is 2.70. The van der Waals surface area contributed by atoms with Crippen molar-refractivity contribution in [3.8, 4) is 11.7 Å². The van der Waals surface area contributed by atoms with Gasteiger partial charge < -0.3 is 14.5 Å². The lowest BCUT2D eigenvalue weighted by molar-refractivity contribution is 0.0992. The zero-order valence-electron chi connectivity index (χ0n) is 14.7. The molecule has 140 valence electrons. The van der Waals surface area contributed by atoms with Gasteiger partial charge in [0.25, 0.3) is 11.9 Å². The number of furan rings is 1. The van der Waals surface area contributed by atoms with Crippen molar-refractivity contribution in [3.63, 3.8) is 0 Å². The van der Waals surface area contributed by atoms with Crippen LogP contribution in [0, 0.1) is 6.92 Å². The topological polar surface area (TPSA) is 64.4 Å². The molecular weight excluding hydrogens is 399 g/mol. The summed E-state index contributed by atoms with van der Waals surface area (Å²) in [7, 11) is 0. The number of nitrogens with zero attached hydrogens (tertiary/aromatic N) is 1. The van der Waals surface area contributed by atoms with E-state index in [1.165, 1.54) is 6.07 Å². The molecule has 1 N–H and O–H groups in total. The Morgan fingerprint density at radius 3 is 2.57 bits per heavy atom. The van der Waals surface area contributed by atoms with E-state index < -0.39 is 5.91 Å². The summed E-state index contributed by atoms with van der Waals surface area (Å²) >= 11 is 11.9. The van der Waals surface area contributed by atoms with Crippen molar-refractivity contribution < 1.29 is 13.9 Å². The van der Waals surface area contributed by atoms with E-state index in [9.17, 15) is 4.79 Å². The highest BCUT2D eigenvalue weighted by molar-refractivity contribution is 6.34. The van der Waals surface area contributed by atoms with E-state index in [2.05, 4.69) is 10.3 Å². The number of carbonyl (C=O) groups excluding carboxylic acids is 1. The first-order valence-corrected chi connectivity index (χ1v) is 9.14. The van der Waals surface area contributed by atoms with Crippen molar-refractivity contribution in [3.05, 3.63) is 82.2 Å². The van der Waals surface area contributed by atoms with E-state index in [0.29, 0.717) is 21.5 Å². The third-order valence-corrected chi connectivity index (χ3v) is 4.38. The number of benzene rings is 2. The highest BCUT2D eigenvalue weighted by Gasteiger charge is 2.13. The van der Waals surface area contributed by atoms with Gasteiger partial charge >= 0.3 is 0 Å². The van der Waals surface area contributed by atoms with Gasteiger partial charge in [-0.3, -0.25) is 9.78 Å². The standard InChI is InChI=1S/C21H14Cl2N2O3/c1-12-2-3-13-8-16(4-5-18(13)24-12)25-21(26)19-6-7-20(28-19)27-17-10-14(22)9-15(23)11-17/h2-11H,1H3,(H,25,26). The lowest BCUT2D eigenvalue weighted by Crippen LogP contribution is -2.10. The van der Waals surface area contributed by atoms with Crippen LogP contribution < -0.4 is 10.1 Å². The summed E-state index contributed by atoms with van der Waals surface area (Å²) in [6.45, 7) is 1.93. The first-order valence-electron chi connectivity index (χ1n) is 8.39. The number of aromatic nitrogens is 1. The number of fused-ring (bicyclic) bond motifs is 1. The van der Waals surface area contributed by atoms with Crippen LogP contribution in [0.3, 0.4) is 0 Å². The van der Waals surface area contributed by atoms with E-state index >= 15 is 0 Å². The van der Waals surface area contributed by atoms with E-state index in [-0.39, 0.29) is 11.7 Å². The summed E-state index contributed by atoms with van der Waals surface area (Å²) in [6.07, 6.45) is 0. The number of carbonyl (C=O) groups is 1. The minimum Gasteiger partial charge on any atom is -0.426 e. The normalized spacial score (nSPS) is 10.8. The minimum atomic E-state index is -0.390. The molecule has 0 aliphatic rings. The number of rotatable bonds is 4. The molecule has 0 spiro atoms. The molecule has 2 aromatic carbocycles. The number of ether oxygens (including phenoxy) is 1. The zero-order chi connectivity index (χ0) is 19.7. The van der Waals surface area contributed by atoms with Crippen molar-refractivity contribution >= 4 is 45.7 Å². The van der Waals surface area contributed by atoms with Crippen LogP contribution in [0.4, 0.5) is 5.69 Å². The molecular formula is C21H14Cl2N2O3. The number of hydrogen-bond acceptors (Lipinski definition) is 4. The largest absolute Gasteiger partial charge is 0.426 e. The molecule has 4 rings (SSSR count). The Morgan fingerprint density at radius 1 is 1.00 bits per heavy atom. The molecule has 28 heavy (non-hydrogen) atoms. The van der Waals surface area contributed by atoms with Gasteiger partial charge in [-0.05, 0) is 55.5 Å². The average Bonchev–Trinajstić information content (AvgIpc) is 3.09. The van der Waals surface area contributed by atoms with Gasteiger partial charge in [0.1, 0.15) is 5.75 Å². The molecule has 0 saturated carbocycles. The van der Waals surface area contributed by atoms with Gasteiger partial charge in [0.05, 0.1) is 5.52 Å². The van der Waals surface area contributed by atoms with Crippen LogP contribution >= 0.6 is 23.2 Å². The van der Waals surface area contributed by atoms with Crippen molar-refractivity contribution in [2.75, 3.05) is 5.32 Å². The Bertz CT molecular complexity index is 1170. The SMILES string of the molecule is Cc1ccc2cc(NC(=O)c3ccc(Oc4cc(Cl)cc(Cl)c4)o3)ccc2n1. The van der Waals surface area contributed by atoms with Gasteiger partial charge in [-0.1, -0.05) is 29.3 Å². The van der Waals surface area contributed by atoms with Gasteiger partial charge in [0, 0.05) is 32.9 Å². The Hall–Kier alpha value is -3.02. The molecule has 2 heterocycles. The molecule has 0 fully saturated rings. The molecule has 0 bridgehead atoms. The maximum Gasteiger partial charge on any atom is 0.291 e. The number of hydrogen-bond donors (Lipinski definition) is 1. The predicted molar refractivity (Wildman–Crippen MR) is 110 cm³/mol. The highest BCUT2D eigenvalue weighted by atomic mass is 35.5. The molecule has 0 atom stereocenters. The number of halogens is 2. The molecule has 0 aliphatic heterocycles. The van der Waals surface area contributed by atoms with Crippen LogP contribution in [0.2, 0.25) is 10.0 Å². The van der Waals surface area contributed by atoms with Crippen molar-refractivity contribution in [2.24, 2.45) is 0 Å². The van der Waals surface area contributed by atoms with Crippen LogP contribution in [0.15, 0.2) is 65.1 Å². The number of pyridine rings is 1. The van der Waals surface area contributed by atoms with Gasteiger partial charge in [-0.25, -0.2) is 0 Å². The molecule has 7 heteroatoms. The molecule has 0 unspecified atom stereocenters. The minimum absolute atomic E-state index is 0.116. The van der Waals surface area contributed by atoms with Crippen LogP contribution in [0.1, 0.15) is 16.2 Å². The summed E-state index contributed by atoms with van der Waals surface area (Å²) < 4.78 is 11.0. The summed E-state index contributed by atoms with van der Waals surface area (Å²) in [5, 5.41) is 4.61. The fraction of sp³-hybridized carbons (Fsp3) is 0.0476. The number of aryl methyl sites for hydroxylation is 1.